The molecular weight excluding hydrogens is 675 g/mol. The van der Waals surface area contributed by atoms with Gasteiger partial charge in [0.15, 0.2) is 0 Å². The molecule has 2 aromatic rings. The zero-order chi connectivity index (χ0) is 38.0. The van der Waals surface area contributed by atoms with Gasteiger partial charge in [0, 0.05) is 25.0 Å². The van der Waals surface area contributed by atoms with E-state index >= 15 is 4.79 Å². The predicted molar refractivity (Wildman–Crippen MR) is 194 cm³/mol. The van der Waals surface area contributed by atoms with Crippen molar-refractivity contribution in [2.75, 3.05) is 19.3 Å². The first-order valence-electron chi connectivity index (χ1n) is 17.3. The number of esters is 3. The number of aliphatic imine (C=N–C) groups is 1. The SMILES string of the molecule is CCOC(=O)CNC(=O)C(C(OC(=O)CC)C(C)C)(C(OC(=O)CC)C(C)C)C(c1ccc(-c2ccccc2)cc1)C1(CP(=O)(O)O)C=CC=N1. The van der Waals surface area contributed by atoms with Crippen LogP contribution in [0.5, 0.6) is 0 Å². The summed E-state index contributed by atoms with van der Waals surface area (Å²) in [5.41, 5.74) is -1.86. The fourth-order valence-corrected chi connectivity index (χ4v) is 8.04. The van der Waals surface area contributed by atoms with E-state index in [-0.39, 0.29) is 19.4 Å². The number of hydrogen-bond donors (Lipinski definition) is 3. The number of carbonyl (C=O) groups is 4. The van der Waals surface area contributed by atoms with Gasteiger partial charge in [-0.05, 0) is 41.5 Å². The predicted octanol–water partition coefficient (Wildman–Crippen LogP) is 5.62. The van der Waals surface area contributed by atoms with Crippen LogP contribution in [0.1, 0.15) is 72.8 Å². The van der Waals surface area contributed by atoms with Crippen molar-refractivity contribution in [1.82, 2.24) is 5.32 Å². The minimum atomic E-state index is -4.91. The molecule has 0 aromatic heterocycles. The molecule has 1 aliphatic heterocycles. The topological polar surface area (TPSA) is 178 Å². The van der Waals surface area contributed by atoms with Gasteiger partial charge in [0.1, 0.15) is 24.2 Å². The normalized spacial score (nSPS) is 18.5. The van der Waals surface area contributed by atoms with Crippen LogP contribution in [0.2, 0.25) is 0 Å². The highest BCUT2D eigenvalue weighted by Crippen LogP contribution is 2.59. The lowest BCUT2D eigenvalue weighted by Gasteiger charge is -2.54. The highest BCUT2D eigenvalue weighted by atomic mass is 31.2. The summed E-state index contributed by atoms with van der Waals surface area (Å²) in [6.45, 7) is 11.2. The van der Waals surface area contributed by atoms with Gasteiger partial charge >= 0.3 is 25.5 Å². The number of allylic oxidation sites excluding steroid dienone is 1. The lowest BCUT2D eigenvalue weighted by molar-refractivity contribution is -0.196. The third kappa shape index (κ3) is 9.81. The molecule has 0 bridgehead atoms. The van der Waals surface area contributed by atoms with Crippen molar-refractivity contribution in [1.29, 1.82) is 0 Å². The van der Waals surface area contributed by atoms with Crippen LogP contribution in [0, 0.1) is 17.3 Å². The Balaban J connectivity index is 2.60. The first-order valence-corrected chi connectivity index (χ1v) is 19.1. The second-order valence-electron chi connectivity index (χ2n) is 13.3. The minimum Gasteiger partial charge on any atom is -0.465 e. The van der Waals surface area contributed by atoms with E-state index in [1.165, 1.54) is 18.4 Å². The standard InChI is InChI=1S/C38H51N2O10P/c1-8-30(41)49-34(25(4)5)38(35(26(6)7)50-31(42)9-2,36(44)39-23-32(43)48-10-3)33(37(21-14-22-40-37)24-51(45,46)47)29-19-17-28(18-20-29)27-15-12-11-13-16-27/h11-22,25-26,33-35H,8-10,23-24H2,1-7H3,(H,39,44)(H2,45,46,47). The summed E-state index contributed by atoms with van der Waals surface area (Å²) >= 11 is 0. The molecule has 3 rings (SSSR count). The van der Waals surface area contributed by atoms with Crippen LogP contribution < -0.4 is 5.32 Å². The molecule has 2 aromatic carbocycles. The monoisotopic (exact) mass is 726 g/mol. The quantitative estimate of drug-likeness (QED) is 0.0993. The van der Waals surface area contributed by atoms with E-state index in [4.69, 9.17) is 14.2 Å². The molecule has 0 saturated carbocycles. The maximum atomic E-state index is 15.4. The summed E-state index contributed by atoms with van der Waals surface area (Å²) in [6.07, 6.45) is 0.735. The Kier molecular flexibility index (Phi) is 14.5. The molecule has 0 saturated heterocycles. The van der Waals surface area contributed by atoms with E-state index in [2.05, 4.69) is 10.3 Å². The first-order chi connectivity index (χ1) is 24.1. The highest BCUT2D eigenvalue weighted by Gasteiger charge is 2.67. The summed E-state index contributed by atoms with van der Waals surface area (Å²) in [6, 6.07) is 16.6. The van der Waals surface area contributed by atoms with Gasteiger partial charge in [0.2, 0.25) is 5.91 Å². The third-order valence-corrected chi connectivity index (χ3v) is 9.83. The van der Waals surface area contributed by atoms with Crippen LogP contribution >= 0.6 is 7.60 Å². The Labute approximate surface area is 300 Å². The number of carbonyl (C=O) groups excluding carboxylic acids is 4. The average Bonchev–Trinajstić information content (AvgIpc) is 3.55. The van der Waals surface area contributed by atoms with Gasteiger partial charge in [0.05, 0.1) is 18.3 Å². The molecule has 1 heterocycles. The van der Waals surface area contributed by atoms with Crippen LogP contribution in [0.3, 0.4) is 0 Å². The van der Waals surface area contributed by atoms with Gasteiger partial charge in [-0.3, -0.25) is 28.7 Å². The molecule has 0 spiro atoms. The van der Waals surface area contributed by atoms with Crippen molar-refractivity contribution >= 4 is 37.6 Å². The van der Waals surface area contributed by atoms with Crippen LogP contribution in [0.25, 0.3) is 11.1 Å². The molecule has 1 aliphatic rings. The fraction of sp³-hybridized carbons (Fsp3) is 0.500. The van der Waals surface area contributed by atoms with Crippen molar-refractivity contribution in [3.63, 3.8) is 0 Å². The molecule has 1 amide bonds. The molecule has 4 atom stereocenters. The smallest absolute Gasteiger partial charge is 0.328 e. The van der Waals surface area contributed by atoms with Crippen molar-refractivity contribution in [3.05, 3.63) is 72.3 Å². The molecule has 4 unspecified atom stereocenters. The number of ether oxygens (including phenoxy) is 3. The molecule has 0 radical (unpaired) electrons. The third-order valence-electron chi connectivity index (χ3n) is 8.91. The van der Waals surface area contributed by atoms with Gasteiger partial charge in [-0.1, -0.05) is 102 Å². The maximum absolute atomic E-state index is 15.4. The number of amides is 1. The van der Waals surface area contributed by atoms with E-state index in [9.17, 15) is 28.7 Å². The minimum absolute atomic E-state index is 0.0482. The zero-order valence-electron chi connectivity index (χ0n) is 30.4. The van der Waals surface area contributed by atoms with Crippen molar-refractivity contribution in [2.24, 2.45) is 22.2 Å². The fourth-order valence-electron chi connectivity index (χ4n) is 7.01. The molecule has 12 nitrogen and oxygen atoms in total. The summed E-state index contributed by atoms with van der Waals surface area (Å²) in [5, 5.41) is 2.69. The largest absolute Gasteiger partial charge is 0.465 e. The highest BCUT2D eigenvalue weighted by molar-refractivity contribution is 7.51. The van der Waals surface area contributed by atoms with E-state index < -0.39 is 85.0 Å². The number of nitrogens with zero attached hydrogens (tertiary/aromatic N) is 1. The molecule has 51 heavy (non-hydrogen) atoms. The number of benzene rings is 2. The Morgan fingerprint density at radius 1 is 0.824 bits per heavy atom. The Morgan fingerprint density at radius 2 is 1.35 bits per heavy atom. The summed E-state index contributed by atoms with van der Waals surface area (Å²) in [5.74, 6) is -5.54. The number of hydrogen-bond acceptors (Lipinski definition) is 9. The van der Waals surface area contributed by atoms with Crippen molar-refractivity contribution < 1.29 is 47.7 Å². The number of nitrogens with one attached hydrogen (secondary N) is 1. The second-order valence-corrected chi connectivity index (χ2v) is 15.0. The molecule has 0 aliphatic carbocycles. The van der Waals surface area contributed by atoms with E-state index in [1.807, 2.05) is 42.5 Å². The lowest BCUT2D eigenvalue weighted by atomic mass is 9.54. The summed E-state index contributed by atoms with van der Waals surface area (Å²) in [4.78, 5) is 80.6. The lowest BCUT2D eigenvalue weighted by Crippen LogP contribution is -2.67. The summed E-state index contributed by atoms with van der Waals surface area (Å²) in [7, 11) is -4.91. The molecular formula is C38H51N2O10P. The number of rotatable bonds is 18. The molecule has 3 N–H and O–H groups in total. The first kappa shape index (κ1) is 41.3. The Hall–Kier alpha value is -4.12. The zero-order valence-corrected chi connectivity index (χ0v) is 31.3. The van der Waals surface area contributed by atoms with Crippen LogP contribution in [0.15, 0.2) is 71.7 Å². The Morgan fingerprint density at radius 3 is 1.78 bits per heavy atom. The van der Waals surface area contributed by atoms with Crippen LogP contribution in [-0.4, -0.2) is 76.9 Å². The maximum Gasteiger partial charge on any atom is 0.328 e. The van der Waals surface area contributed by atoms with Gasteiger partial charge in [-0.15, -0.1) is 0 Å². The molecule has 0 fully saturated rings. The van der Waals surface area contributed by atoms with E-state index in [1.54, 1.807) is 60.6 Å². The summed E-state index contributed by atoms with van der Waals surface area (Å²) < 4.78 is 30.6. The average molecular weight is 727 g/mol. The van der Waals surface area contributed by atoms with Gasteiger partial charge < -0.3 is 29.3 Å². The Bertz CT molecular complexity index is 1570. The van der Waals surface area contributed by atoms with E-state index in [0.29, 0.717) is 5.56 Å². The van der Waals surface area contributed by atoms with Crippen molar-refractivity contribution in [2.45, 2.75) is 85.0 Å². The van der Waals surface area contributed by atoms with Gasteiger partial charge in [-0.2, -0.15) is 0 Å². The molecule has 13 heteroatoms. The molecule has 278 valence electrons. The van der Waals surface area contributed by atoms with Crippen molar-refractivity contribution in [3.8, 4) is 11.1 Å². The van der Waals surface area contributed by atoms with Crippen LogP contribution in [0.4, 0.5) is 0 Å². The van der Waals surface area contributed by atoms with E-state index in [0.717, 1.165) is 11.1 Å². The van der Waals surface area contributed by atoms with Crippen LogP contribution in [-0.2, 0) is 38.0 Å². The van der Waals surface area contributed by atoms with Gasteiger partial charge in [-0.25, -0.2) is 0 Å². The second kappa shape index (κ2) is 17.9. The van der Waals surface area contributed by atoms with Gasteiger partial charge in [0.25, 0.3) is 0 Å².